The van der Waals surface area contributed by atoms with Gasteiger partial charge in [0, 0.05) is 19.4 Å². The smallest absolute Gasteiger partial charge is 0.462 e. The van der Waals surface area contributed by atoms with Crippen LogP contribution >= 0.6 is 7.82 Å². The lowest BCUT2D eigenvalue weighted by atomic mass is 10.1. The van der Waals surface area contributed by atoms with Crippen LogP contribution in [0.3, 0.4) is 0 Å². The lowest BCUT2D eigenvalue weighted by Crippen LogP contribution is -2.29. The Balaban J connectivity index is 4.24. The molecule has 0 saturated carbocycles. The molecule has 0 heterocycles. The Bertz CT molecular complexity index is 1010. The van der Waals surface area contributed by atoms with Crippen molar-refractivity contribution >= 4 is 19.8 Å². The highest BCUT2D eigenvalue weighted by molar-refractivity contribution is 7.47. The van der Waals surface area contributed by atoms with E-state index < -0.39 is 32.5 Å². The number of rotatable bonds is 39. The number of hydrogen-bond acceptors (Lipinski definition) is 8. The normalized spacial score (nSPS) is 13.8. The summed E-state index contributed by atoms with van der Waals surface area (Å²) in [6.07, 6.45) is 44.2. The van der Waals surface area contributed by atoms with Crippen LogP contribution in [-0.4, -0.2) is 49.3 Å². The molecule has 0 rings (SSSR count). The van der Waals surface area contributed by atoms with Crippen LogP contribution in [0.15, 0.2) is 48.6 Å². The molecule has 0 aromatic carbocycles. The standard InChI is InChI=1S/C43H78NO8P/c1-3-5-7-9-11-13-15-17-19-20-22-24-26-28-30-32-34-36-43(46)52-41(40-51-53(47,48)50-38-37-44)39-49-42(45)35-33-31-29-27-25-23-21-18-16-14-12-10-8-6-4-2/h11,13,17-19,21-22,24,41H,3-10,12,14-16,20,23,25-40,44H2,1-2H3,(H,47,48)/b13-11-,19-17-,21-18-,24-22-/t41-/m1/s1. The Hall–Kier alpha value is -2.03. The van der Waals surface area contributed by atoms with Gasteiger partial charge in [-0.25, -0.2) is 4.57 Å². The minimum absolute atomic E-state index is 0.0469. The van der Waals surface area contributed by atoms with Crippen LogP contribution in [0.5, 0.6) is 0 Å². The Kier molecular flexibility index (Phi) is 38.1. The van der Waals surface area contributed by atoms with E-state index in [4.69, 9.17) is 24.3 Å². The number of nitrogens with two attached hydrogens (primary N) is 1. The first-order valence-electron chi connectivity index (χ1n) is 21.1. The van der Waals surface area contributed by atoms with E-state index in [0.29, 0.717) is 6.42 Å². The lowest BCUT2D eigenvalue weighted by molar-refractivity contribution is -0.161. The molecule has 0 aliphatic heterocycles. The van der Waals surface area contributed by atoms with Crippen molar-refractivity contribution in [2.24, 2.45) is 5.73 Å². The van der Waals surface area contributed by atoms with Crippen molar-refractivity contribution in [2.75, 3.05) is 26.4 Å². The van der Waals surface area contributed by atoms with E-state index in [1.807, 2.05) is 0 Å². The van der Waals surface area contributed by atoms with Gasteiger partial charge in [-0.1, -0.05) is 140 Å². The van der Waals surface area contributed by atoms with E-state index in [1.165, 1.54) is 70.6 Å². The molecule has 0 bridgehead atoms. The third-order valence-corrected chi connectivity index (χ3v) is 9.67. The molecule has 0 aliphatic carbocycles. The number of carbonyl (C=O) groups excluding carboxylic acids is 2. The highest BCUT2D eigenvalue weighted by Crippen LogP contribution is 2.43. The molecule has 0 saturated heterocycles. The average Bonchev–Trinajstić information content (AvgIpc) is 3.14. The zero-order valence-electron chi connectivity index (χ0n) is 33.7. The minimum Gasteiger partial charge on any atom is -0.462 e. The van der Waals surface area contributed by atoms with Crippen LogP contribution < -0.4 is 5.73 Å². The fourth-order valence-electron chi connectivity index (χ4n) is 5.52. The van der Waals surface area contributed by atoms with Crippen LogP contribution in [-0.2, 0) is 32.7 Å². The Morgan fingerprint density at radius 2 is 0.981 bits per heavy atom. The molecular formula is C43H78NO8P. The molecule has 53 heavy (non-hydrogen) atoms. The lowest BCUT2D eigenvalue weighted by Gasteiger charge is -2.19. The van der Waals surface area contributed by atoms with Crippen LogP contribution in [0.2, 0.25) is 0 Å². The van der Waals surface area contributed by atoms with Crippen LogP contribution in [0.25, 0.3) is 0 Å². The number of allylic oxidation sites excluding steroid dienone is 8. The SMILES string of the molecule is CCCCC/C=C\C/C=C\C/C=C\CCCCCCC(=O)O[C@H](COC(=O)CCCCCCC/C=C\CCCCCCCC)COP(=O)(O)OCCN. The second kappa shape index (κ2) is 39.7. The maximum absolute atomic E-state index is 12.6. The van der Waals surface area contributed by atoms with Gasteiger partial charge < -0.3 is 20.1 Å². The summed E-state index contributed by atoms with van der Waals surface area (Å²) in [6.45, 7) is 3.66. The summed E-state index contributed by atoms with van der Waals surface area (Å²) in [7, 11) is -4.38. The number of phosphoric acid groups is 1. The van der Waals surface area contributed by atoms with Crippen molar-refractivity contribution in [2.45, 2.75) is 187 Å². The molecule has 9 nitrogen and oxygen atoms in total. The van der Waals surface area contributed by atoms with Gasteiger partial charge >= 0.3 is 19.8 Å². The van der Waals surface area contributed by atoms with Crippen molar-refractivity contribution in [1.82, 2.24) is 0 Å². The number of hydrogen-bond donors (Lipinski definition) is 2. The molecule has 0 aliphatic rings. The van der Waals surface area contributed by atoms with Gasteiger partial charge in [0.25, 0.3) is 0 Å². The zero-order chi connectivity index (χ0) is 38.9. The predicted octanol–water partition coefficient (Wildman–Crippen LogP) is 11.9. The number of unbranched alkanes of at least 4 members (excludes halogenated alkanes) is 18. The van der Waals surface area contributed by atoms with Crippen molar-refractivity contribution in [3.63, 3.8) is 0 Å². The van der Waals surface area contributed by atoms with Gasteiger partial charge in [0.1, 0.15) is 6.61 Å². The van der Waals surface area contributed by atoms with Gasteiger partial charge in [-0.2, -0.15) is 0 Å². The summed E-state index contributed by atoms with van der Waals surface area (Å²) < 4.78 is 32.7. The minimum atomic E-state index is -4.38. The van der Waals surface area contributed by atoms with E-state index in [0.717, 1.165) is 77.0 Å². The predicted molar refractivity (Wildman–Crippen MR) is 220 cm³/mol. The Morgan fingerprint density at radius 1 is 0.566 bits per heavy atom. The first-order chi connectivity index (χ1) is 25.8. The van der Waals surface area contributed by atoms with E-state index >= 15 is 0 Å². The van der Waals surface area contributed by atoms with E-state index in [1.54, 1.807) is 0 Å². The van der Waals surface area contributed by atoms with Gasteiger partial charge in [-0.05, 0) is 77.0 Å². The molecule has 308 valence electrons. The zero-order valence-corrected chi connectivity index (χ0v) is 34.6. The maximum atomic E-state index is 12.6. The summed E-state index contributed by atoms with van der Waals surface area (Å²) in [4.78, 5) is 34.8. The Labute approximate surface area is 324 Å². The summed E-state index contributed by atoms with van der Waals surface area (Å²) in [5.74, 6) is -0.865. The first kappa shape index (κ1) is 51.0. The first-order valence-corrected chi connectivity index (χ1v) is 22.6. The molecule has 1 unspecified atom stereocenters. The molecule has 0 amide bonds. The number of carbonyl (C=O) groups is 2. The highest BCUT2D eigenvalue weighted by atomic mass is 31.2. The largest absolute Gasteiger partial charge is 0.472 e. The van der Waals surface area contributed by atoms with E-state index in [-0.39, 0.29) is 32.6 Å². The quantitative estimate of drug-likeness (QED) is 0.0271. The fourth-order valence-corrected chi connectivity index (χ4v) is 6.28. The molecule has 3 N–H and O–H groups in total. The Morgan fingerprint density at radius 3 is 1.51 bits per heavy atom. The fraction of sp³-hybridized carbons (Fsp3) is 0.767. The molecule has 10 heteroatoms. The summed E-state index contributed by atoms with van der Waals surface area (Å²) >= 11 is 0. The number of ether oxygens (including phenoxy) is 2. The van der Waals surface area contributed by atoms with Crippen molar-refractivity contribution in [3.8, 4) is 0 Å². The van der Waals surface area contributed by atoms with Crippen LogP contribution in [0.4, 0.5) is 0 Å². The maximum Gasteiger partial charge on any atom is 0.472 e. The van der Waals surface area contributed by atoms with E-state index in [2.05, 4.69) is 62.5 Å². The molecule has 0 aromatic rings. The van der Waals surface area contributed by atoms with Gasteiger partial charge in [-0.3, -0.25) is 18.6 Å². The monoisotopic (exact) mass is 768 g/mol. The summed E-state index contributed by atoms with van der Waals surface area (Å²) in [5, 5.41) is 0. The molecule has 0 aromatic heterocycles. The second-order valence-corrected chi connectivity index (χ2v) is 15.3. The molecule has 0 spiro atoms. The summed E-state index contributed by atoms with van der Waals surface area (Å²) in [5.41, 5.74) is 5.34. The number of esters is 2. The average molecular weight is 768 g/mol. The van der Waals surface area contributed by atoms with Crippen molar-refractivity contribution in [1.29, 1.82) is 0 Å². The number of phosphoric ester groups is 1. The van der Waals surface area contributed by atoms with Gasteiger partial charge in [0.2, 0.25) is 0 Å². The third-order valence-electron chi connectivity index (χ3n) is 8.69. The molecule has 0 radical (unpaired) electrons. The van der Waals surface area contributed by atoms with Crippen molar-refractivity contribution < 1.29 is 37.6 Å². The molecular weight excluding hydrogens is 689 g/mol. The highest BCUT2D eigenvalue weighted by Gasteiger charge is 2.26. The van der Waals surface area contributed by atoms with E-state index in [9.17, 15) is 19.0 Å². The molecule has 2 atom stereocenters. The van der Waals surface area contributed by atoms with Gasteiger partial charge in [-0.15, -0.1) is 0 Å². The van der Waals surface area contributed by atoms with Crippen LogP contribution in [0.1, 0.15) is 181 Å². The van der Waals surface area contributed by atoms with Crippen molar-refractivity contribution in [3.05, 3.63) is 48.6 Å². The van der Waals surface area contributed by atoms with Gasteiger partial charge in [0.05, 0.1) is 13.2 Å². The van der Waals surface area contributed by atoms with Gasteiger partial charge in [0.15, 0.2) is 6.10 Å². The van der Waals surface area contributed by atoms with Crippen LogP contribution in [0, 0.1) is 0 Å². The summed E-state index contributed by atoms with van der Waals surface area (Å²) in [6, 6.07) is 0. The topological polar surface area (TPSA) is 134 Å². The molecule has 0 fully saturated rings. The second-order valence-electron chi connectivity index (χ2n) is 13.8. The third kappa shape index (κ3) is 39.5.